The van der Waals surface area contributed by atoms with Gasteiger partial charge in [0, 0.05) is 146 Å². The summed E-state index contributed by atoms with van der Waals surface area (Å²) in [5.41, 5.74) is 5.83. The van der Waals surface area contributed by atoms with Gasteiger partial charge in [0.05, 0.1) is 103 Å². The molecule has 0 unspecified atom stereocenters. The molecule has 4 aliphatic heterocycles. The van der Waals surface area contributed by atoms with Crippen molar-refractivity contribution < 1.29 is 74.9 Å². The van der Waals surface area contributed by atoms with Gasteiger partial charge in [-0.15, -0.1) is 0 Å². The summed E-state index contributed by atoms with van der Waals surface area (Å²) in [6, 6.07) is 64.7. The highest BCUT2D eigenvalue weighted by molar-refractivity contribution is 6.09. The van der Waals surface area contributed by atoms with Crippen molar-refractivity contribution in [3.63, 3.8) is 0 Å². The van der Waals surface area contributed by atoms with Crippen LogP contribution in [0.3, 0.4) is 0 Å². The largest absolute Gasteiger partial charge is 0.462 e. The maximum Gasteiger partial charge on any atom is 0.345 e. The molecule has 690 valence electrons. The average Bonchev–Trinajstić information content (AvgIpc) is 0.816. The fourth-order valence-electron chi connectivity index (χ4n) is 17.4. The first-order valence-electron chi connectivity index (χ1n) is 44.4. The molecule has 0 aliphatic carbocycles. The molecule has 7 aromatic heterocycles. The predicted octanol–water partition coefficient (Wildman–Crippen LogP) is 12.7. The van der Waals surface area contributed by atoms with Gasteiger partial charge in [0.25, 0.3) is 45.9 Å². The zero-order valence-electron chi connectivity index (χ0n) is 75.1. The van der Waals surface area contributed by atoms with Crippen LogP contribution in [0, 0.1) is 5.82 Å². The zero-order chi connectivity index (χ0) is 94.2. The number of aryl methyl sites for hydroxylation is 2. The molecule has 0 N–H and O–H groups in total. The second-order valence-corrected chi connectivity index (χ2v) is 31.9. The van der Waals surface area contributed by atoms with Crippen molar-refractivity contribution in [3.8, 4) is 0 Å². The summed E-state index contributed by atoms with van der Waals surface area (Å²) < 4.78 is 56.4. The molecule has 32 heteroatoms. The number of rotatable bonds is 20. The molecule has 14 aromatic rings. The first kappa shape index (κ1) is 92.8. The number of halogens is 1. The van der Waals surface area contributed by atoms with Gasteiger partial charge in [0.15, 0.2) is 17.3 Å². The summed E-state index contributed by atoms with van der Waals surface area (Å²) in [5.74, 6) is -2.64. The molecule has 134 heavy (non-hydrogen) atoms. The summed E-state index contributed by atoms with van der Waals surface area (Å²) >= 11 is 0. The van der Waals surface area contributed by atoms with Gasteiger partial charge in [-0.2, -0.15) is 0 Å². The lowest BCUT2D eigenvalue weighted by atomic mass is 10.0. The van der Waals surface area contributed by atoms with Gasteiger partial charge in [-0.3, -0.25) is 38.4 Å². The average molecular weight is 1820 g/mol. The molecule has 0 atom stereocenters. The Morgan fingerprint density at radius 2 is 0.552 bits per heavy atom. The molecule has 31 nitrogen and oxygen atoms in total. The van der Waals surface area contributed by atoms with E-state index < -0.39 is 35.0 Å². The van der Waals surface area contributed by atoms with E-state index in [-0.39, 0.29) is 102 Å². The lowest BCUT2D eigenvalue weighted by Crippen LogP contribution is -2.49. The number of furan rings is 3. The molecule has 4 saturated heterocycles. The molecule has 4 aliphatic rings. The molecule has 7 aromatic carbocycles. The van der Waals surface area contributed by atoms with Gasteiger partial charge >= 0.3 is 23.9 Å². The monoisotopic (exact) mass is 1820 g/mol. The Hall–Kier alpha value is -15.9. The van der Waals surface area contributed by atoms with Crippen LogP contribution in [0.2, 0.25) is 0 Å². The van der Waals surface area contributed by atoms with Gasteiger partial charge in [-0.1, -0.05) is 133 Å². The lowest BCUT2D eigenvalue weighted by Gasteiger charge is -2.37. The number of nitrogens with zero attached hydrogens (tertiary/aromatic N) is 12. The Labute approximate surface area is 769 Å². The molecule has 0 bridgehead atoms. The van der Waals surface area contributed by atoms with E-state index in [2.05, 4.69) is 0 Å². The first-order valence-corrected chi connectivity index (χ1v) is 44.4. The van der Waals surface area contributed by atoms with Crippen molar-refractivity contribution >= 4 is 114 Å². The Balaban J connectivity index is 0.000000137. The van der Waals surface area contributed by atoms with Gasteiger partial charge < -0.3 is 89.7 Å². The summed E-state index contributed by atoms with van der Waals surface area (Å²) in [5, 5.41) is 3.13. The highest BCUT2D eigenvalue weighted by atomic mass is 19.1. The highest BCUT2D eigenvalue weighted by Gasteiger charge is 2.37. The number of carbonyl (C=O) groups excluding carboxylic acids is 8. The fourth-order valence-corrected chi connectivity index (χ4v) is 17.4. The minimum Gasteiger partial charge on any atom is -0.462 e. The Morgan fingerprint density at radius 3 is 0.851 bits per heavy atom. The Bertz CT molecular complexity index is 6890. The number of carbonyl (C=O) groups is 8. The SMILES string of the molecule is CCOC(=O)c1c(N2CCN(C(=O)c3ccccc3)CC2)c2ccccc2n(C)c1=O.CCOC(=O)c1c(N2CCN(C(=O)c3ccco3)CC2)c2ccccc2n(C)c1=O.CCOC(=O)c1c(N2CCN(C(=O)c3ccco3)CC2)c2ccccc2n(Cc2ccc(F)cc2)c1=O.CCOC(=O)c1c(N2CCN(C(=O)c3ccco3)CC2)c2ccccc2n(Cc2ccccc2)c1=O. The van der Waals surface area contributed by atoms with Crippen molar-refractivity contribution in [2.75, 3.05) is 151 Å². The van der Waals surface area contributed by atoms with Gasteiger partial charge in [-0.05, 0) is 124 Å². The molecule has 4 amide bonds. The Morgan fingerprint density at radius 1 is 0.291 bits per heavy atom. The van der Waals surface area contributed by atoms with Crippen LogP contribution in [0.5, 0.6) is 0 Å². The number of fused-ring (bicyclic) bond motifs is 4. The van der Waals surface area contributed by atoms with E-state index in [1.54, 1.807) is 114 Å². The van der Waals surface area contributed by atoms with E-state index in [4.69, 9.17) is 32.2 Å². The number of aromatic nitrogens is 4. The van der Waals surface area contributed by atoms with Crippen molar-refractivity contribution in [2.24, 2.45) is 14.1 Å². The maximum absolute atomic E-state index is 13.9. The fraction of sp³-hybridized carbons (Fsp3) is 0.275. The second kappa shape index (κ2) is 42.3. The van der Waals surface area contributed by atoms with E-state index >= 15 is 0 Å². The number of piperazine rings is 4. The third kappa shape index (κ3) is 19.7. The van der Waals surface area contributed by atoms with Gasteiger partial charge in [0.1, 0.15) is 28.1 Å². The maximum atomic E-state index is 13.9. The van der Waals surface area contributed by atoms with Crippen LogP contribution < -0.4 is 41.8 Å². The van der Waals surface area contributed by atoms with Crippen LogP contribution in [0.25, 0.3) is 43.6 Å². The highest BCUT2D eigenvalue weighted by Crippen LogP contribution is 2.37. The minimum absolute atomic E-state index is 0.0142. The van der Waals surface area contributed by atoms with E-state index in [1.165, 1.54) is 44.6 Å². The lowest BCUT2D eigenvalue weighted by molar-refractivity contribution is 0.0514. The summed E-state index contributed by atoms with van der Waals surface area (Å²) in [7, 11) is 3.31. The van der Waals surface area contributed by atoms with Crippen LogP contribution in [0.15, 0.2) is 270 Å². The molecular weight excluding hydrogens is 1720 g/mol. The third-order valence-electron chi connectivity index (χ3n) is 23.9. The molecular formula is C102H101FN12O19. The minimum atomic E-state index is -0.699. The molecule has 11 heterocycles. The van der Waals surface area contributed by atoms with E-state index in [9.17, 15) is 61.9 Å². The number of esters is 4. The van der Waals surface area contributed by atoms with Gasteiger partial charge in [-0.25, -0.2) is 23.6 Å². The van der Waals surface area contributed by atoms with Crippen molar-refractivity contribution in [1.82, 2.24) is 37.9 Å². The van der Waals surface area contributed by atoms with E-state index in [0.29, 0.717) is 157 Å². The standard InChI is InChI=1S/C28H26FN3O5.C28H27N3O5.C24H25N3O4.C22H23N3O5/c1-2-36-28(35)24-25(30-13-15-31(16-14-30)26(33)23-8-5-17-37-23)21-6-3-4-7-22(21)32(27(24)34)18-19-9-11-20(29)12-10-19;1-2-35-28(34)24-25(29-14-16-30(17-15-29)26(32)23-13-8-18-36-23)21-11-6-7-12-22(21)31(27(24)33)19-20-9-4-3-5-10-20;1-3-31-24(30)20-21(18-11-7-8-12-19(18)25(2)23(20)29)26-13-15-27(16-14-26)22(28)17-9-5-4-6-10-17;1-3-29-22(28)18-19(15-7-4-5-8-16(15)23(2)21(18)27)24-10-12-25(13-11-24)20(26)17-9-6-14-30-17/h3-12,17H,2,13-16,18H2,1H3;3-13,18H,2,14-17,19H2,1H3;4-12H,3,13-16H2,1-2H3;4-9,14H,3,10-13H2,1-2H3. The number of hydrogen-bond donors (Lipinski definition) is 0. The van der Waals surface area contributed by atoms with Crippen LogP contribution in [0.1, 0.15) is 122 Å². The van der Waals surface area contributed by atoms with Crippen molar-refractivity contribution in [1.29, 1.82) is 0 Å². The summed E-state index contributed by atoms with van der Waals surface area (Å²) in [4.78, 5) is 171. The predicted molar refractivity (Wildman–Crippen MR) is 505 cm³/mol. The summed E-state index contributed by atoms with van der Waals surface area (Å²) in [6.45, 7) is 15.3. The van der Waals surface area contributed by atoms with Crippen LogP contribution >= 0.6 is 0 Å². The number of hydrogen-bond acceptors (Lipinski definition) is 23. The molecule has 18 rings (SSSR count). The normalized spacial score (nSPS) is 13.9. The quantitative estimate of drug-likeness (QED) is 0.0505. The van der Waals surface area contributed by atoms with Crippen molar-refractivity contribution in [2.45, 2.75) is 40.8 Å². The molecule has 4 fully saturated rings. The van der Waals surface area contributed by atoms with Crippen LogP contribution in [-0.2, 0) is 46.1 Å². The van der Waals surface area contributed by atoms with Crippen molar-refractivity contribution in [3.05, 3.63) is 341 Å². The van der Waals surface area contributed by atoms with E-state index in [0.717, 1.165) is 49.2 Å². The van der Waals surface area contributed by atoms with Crippen LogP contribution in [-0.4, -0.2) is 217 Å². The molecule has 0 spiro atoms. The Kier molecular flexibility index (Phi) is 29.3. The number of pyridine rings is 4. The summed E-state index contributed by atoms with van der Waals surface area (Å²) in [6.07, 6.45) is 4.41. The zero-order valence-corrected chi connectivity index (χ0v) is 75.1. The topological polar surface area (TPSA) is 327 Å². The van der Waals surface area contributed by atoms with Gasteiger partial charge in [0.2, 0.25) is 0 Å². The number of ether oxygens (including phenoxy) is 4. The van der Waals surface area contributed by atoms with E-state index in [1.807, 2.05) is 177 Å². The first-order chi connectivity index (χ1) is 65.1. The van der Waals surface area contributed by atoms with Crippen LogP contribution in [0.4, 0.5) is 27.1 Å². The molecule has 0 saturated carbocycles. The number of para-hydroxylation sites is 4. The number of anilines is 4. The molecule has 0 radical (unpaired) electrons. The smallest absolute Gasteiger partial charge is 0.345 e. The third-order valence-corrected chi connectivity index (χ3v) is 23.9. The number of benzene rings is 7. The second-order valence-electron chi connectivity index (χ2n) is 31.9. The number of amides is 4.